The average molecular weight is 491 g/mol. The number of benzene rings is 2. The molecule has 2 aliphatic rings. The lowest BCUT2D eigenvalue weighted by Gasteiger charge is -2.30. The second-order valence-electron chi connectivity index (χ2n) is 10.1. The molecule has 1 saturated heterocycles. The lowest BCUT2D eigenvalue weighted by molar-refractivity contribution is -0.134. The lowest BCUT2D eigenvalue weighted by Crippen LogP contribution is -2.42. The molecule has 2 atom stereocenters. The van der Waals surface area contributed by atoms with Crippen LogP contribution in [0.1, 0.15) is 39.0 Å². The third-order valence-corrected chi connectivity index (χ3v) is 7.85. The number of carbonyl (C=O) groups is 2. The van der Waals surface area contributed by atoms with Crippen molar-refractivity contribution in [2.24, 2.45) is 11.8 Å². The van der Waals surface area contributed by atoms with Gasteiger partial charge in [0.05, 0.1) is 13.2 Å². The molecule has 192 valence electrons. The predicted octanol–water partition coefficient (Wildman–Crippen LogP) is 4.40. The summed E-state index contributed by atoms with van der Waals surface area (Å²) in [5, 5.41) is 8.59. The molecule has 2 unspecified atom stereocenters. The maximum Gasteiger partial charge on any atom is 0.228 e. The van der Waals surface area contributed by atoms with Gasteiger partial charge in [-0.15, -0.1) is 0 Å². The minimum atomic E-state index is -0.286. The average Bonchev–Trinajstić information content (AvgIpc) is 3.24. The maximum absolute atomic E-state index is 13.4. The number of ether oxygens (including phenoxy) is 1. The van der Waals surface area contributed by atoms with Gasteiger partial charge in [0.2, 0.25) is 11.8 Å². The van der Waals surface area contributed by atoms with Crippen LogP contribution >= 0.6 is 0 Å². The van der Waals surface area contributed by atoms with Crippen LogP contribution in [0.3, 0.4) is 0 Å². The molecule has 5 rings (SSSR count). The summed E-state index contributed by atoms with van der Waals surface area (Å²) in [6, 6.07) is 14.5. The van der Waals surface area contributed by atoms with E-state index in [1.807, 2.05) is 6.07 Å². The van der Waals surface area contributed by atoms with Gasteiger partial charge in [-0.3, -0.25) is 14.5 Å². The smallest absolute Gasteiger partial charge is 0.228 e. The Kier molecular flexibility index (Phi) is 7.87. The van der Waals surface area contributed by atoms with Gasteiger partial charge in [0.1, 0.15) is 0 Å². The fraction of sp³-hybridized carbons (Fsp3) is 0.517. The summed E-state index contributed by atoms with van der Waals surface area (Å²) in [6.07, 6.45) is 4.44. The Morgan fingerprint density at radius 1 is 0.944 bits per heavy atom. The second-order valence-corrected chi connectivity index (χ2v) is 10.1. The van der Waals surface area contributed by atoms with Crippen molar-refractivity contribution in [3.05, 3.63) is 42.5 Å². The molecule has 7 nitrogen and oxygen atoms in total. The summed E-state index contributed by atoms with van der Waals surface area (Å²) in [5.74, 6) is -0.557. The highest BCUT2D eigenvalue weighted by Gasteiger charge is 2.35. The van der Waals surface area contributed by atoms with Gasteiger partial charge in [-0.05, 0) is 57.0 Å². The minimum absolute atomic E-state index is 0.0262. The number of carbonyl (C=O) groups excluding carboxylic acids is 2. The molecule has 7 heteroatoms. The van der Waals surface area contributed by atoms with Crippen LogP contribution in [-0.2, 0) is 20.9 Å². The molecule has 3 aromatic rings. The van der Waals surface area contributed by atoms with Crippen LogP contribution < -0.4 is 10.6 Å². The Bertz CT molecular complexity index is 1210. The molecular formula is C29H38N4O3. The Morgan fingerprint density at radius 2 is 1.67 bits per heavy atom. The summed E-state index contributed by atoms with van der Waals surface area (Å²) in [4.78, 5) is 28.8. The van der Waals surface area contributed by atoms with Crippen molar-refractivity contribution < 1.29 is 14.3 Å². The van der Waals surface area contributed by atoms with Crippen molar-refractivity contribution in [1.82, 2.24) is 14.8 Å². The second kappa shape index (κ2) is 11.4. The Hall–Kier alpha value is -2.90. The molecule has 2 fully saturated rings. The van der Waals surface area contributed by atoms with Gasteiger partial charge in [-0.1, -0.05) is 31.0 Å². The van der Waals surface area contributed by atoms with Crippen LogP contribution in [0.25, 0.3) is 21.8 Å². The molecule has 0 radical (unpaired) electrons. The van der Waals surface area contributed by atoms with Crippen LogP contribution in [0.4, 0.5) is 5.69 Å². The van der Waals surface area contributed by atoms with Gasteiger partial charge in [0.25, 0.3) is 0 Å². The zero-order chi connectivity index (χ0) is 24.9. The molecule has 2 aromatic carbocycles. The summed E-state index contributed by atoms with van der Waals surface area (Å²) in [5.41, 5.74) is 3.17. The molecule has 1 aliphatic carbocycles. The number of rotatable bonds is 8. The standard InChI is InChI=1S/C29H38N4O3/c1-2-33-26-11-6-5-8-22(26)25-20-21(12-13-27(25)33)31-29(35)24-10-4-3-9-23(24)28(34)30-14-7-15-32-16-18-36-19-17-32/h5-6,8,11-13,20,23-24H,2-4,7,9-10,14-19H2,1H3,(H,30,34)(H,31,35). The molecule has 0 bridgehead atoms. The number of anilines is 1. The molecule has 36 heavy (non-hydrogen) atoms. The highest BCUT2D eigenvalue weighted by atomic mass is 16.5. The summed E-state index contributed by atoms with van der Waals surface area (Å²) in [6.45, 7) is 8.17. The first-order chi connectivity index (χ1) is 17.7. The monoisotopic (exact) mass is 490 g/mol. The summed E-state index contributed by atoms with van der Waals surface area (Å²) in [7, 11) is 0. The molecule has 1 aromatic heterocycles. The first-order valence-corrected chi connectivity index (χ1v) is 13.6. The normalized spacial score (nSPS) is 21.0. The molecule has 2 N–H and O–H groups in total. The lowest BCUT2D eigenvalue weighted by atomic mass is 9.78. The molecule has 1 saturated carbocycles. The van der Waals surface area contributed by atoms with Gasteiger partial charge in [0, 0.05) is 65.5 Å². The zero-order valence-corrected chi connectivity index (χ0v) is 21.3. The molecular weight excluding hydrogens is 452 g/mol. The number of aryl methyl sites for hydroxylation is 1. The molecule has 1 aliphatic heterocycles. The van der Waals surface area contributed by atoms with E-state index in [9.17, 15) is 9.59 Å². The van der Waals surface area contributed by atoms with Crippen LogP contribution in [-0.4, -0.2) is 60.7 Å². The highest BCUT2D eigenvalue weighted by molar-refractivity contribution is 6.10. The number of para-hydroxylation sites is 1. The van der Waals surface area contributed by atoms with Gasteiger partial charge < -0.3 is 19.9 Å². The van der Waals surface area contributed by atoms with Crippen molar-refractivity contribution in [2.45, 2.75) is 45.6 Å². The van der Waals surface area contributed by atoms with E-state index in [0.717, 1.165) is 82.6 Å². The van der Waals surface area contributed by atoms with E-state index < -0.39 is 0 Å². The van der Waals surface area contributed by atoms with Crippen molar-refractivity contribution in [3.63, 3.8) is 0 Å². The number of nitrogens with one attached hydrogen (secondary N) is 2. The van der Waals surface area contributed by atoms with Gasteiger partial charge >= 0.3 is 0 Å². The highest BCUT2D eigenvalue weighted by Crippen LogP contribution is 2.33. The molecule has 2 amide bonds. The number of fused-ring (bicyclic) bond motifs is 3. The number of hydrogen-bond donors (Lipinski definition) is 2. The van der Waals surface area contributed by atoms with Crippen LogP contribution in [0.15, 0.2) is 42.5 Å². The van der Waals surface area contributed by atoms with Crippen molar-refractivity contribution in [2.75, 3.05) is 44.7 Å². The summed E-state index contributed by atoms with van der Waals surface area (Å²) < 4.78 is 7.70. The largest absolute Gasteiger partial charge is 0.379 e. The fourth-order valence-electron chi connectivity index (χ4n) is 5.94. The Morgan fingerprint density at radius 3 is 2.44 bits per heavy atom. The van der Waals surface area contributed by atoms with E-state index in [0.29, 0.717) is 6.54 Å². The Balaban J connectivity index is 1.23. The first-order valence-electron chi connectivity index (χ1n) is 13.6. The topological polar surface area (TPSA) is 75.6 Å². The van der Waals surface area contributed by atoms with Crippen LogP contribution in [0, 0.1) is 11.8 Å². The van der Waals surface area contributed by atoms with Crippen LogP contribution in [0.5, 0.6) is 0 Å². The van der Waals surface area contributed by atoms with Crippen molar-refractivity contribution >= 4 is 39.3 Å². The maximum atomic E-state index is 13.4. The van der Waals surface area contributed by atoms with E-state index in [1.165, 1.54) is 16.4 Å². The third kappa shape index (κ3) is 5.27. The number of amides is 2. The van der Waals surface area contributed by atoms with Crippen LogP contribution in [0.2, 0.25) is 0 Å². The van der Waals surface area contributed by atoms with Gasteiger partial charge in [-0.2, -0.15) is 0 Å². The number of aromatic nitrogens is 1. The van der Waals surface area contributed by atoms with E-state index in [4.69, 9.17) is 4.74 Å². The summed E-state index contributed by atoms with van der Waals surface area (Å²) >= 11 is 0. The Labute approximate surface area is 213 Å². The van der Waals surface area contributed by atoms with E-state index in [1.54, 1.807) is 0 Å². The number of hydrogen-bond acceptors (Lipinski definition) is 4. The predicted molar refractivity (Wildman–Crippen MR) is 144 cm³/mol. The van der Waals surface area contributed by atoms with E-state index >= 15 is 0 Å². The minimum Gasteiger partial charge on any atom is -0.379 e. The van der Waals surface area contributed by atoms with Crippen molar-refractivity contribution in [1.29, 1.82) is 0 Å². The van der Waals surface area contributed by atoms with Crippen molar-refractivity contribution in [3.8, 4) is 0 Å². The third-order valence-electron chi connectivity index (χ3n) is 7.85. The molecule has 0 spiro atoms. The zero-order valence-electron chi connectivity index (χ0n) is 21.3. The molecule has 2 heterocycles. The fourth-order valence-corrected chi connectivity index (χ4v) is 5.94. The number of nitrogens with zero attached hydrogens (tertiary/aromatic N) is 2. The van der Waals surface area contributed by atoms with E-state index in [2.05, 4.69) is 63.4 Å². The quantitative estimate of drug-likeness (QED) is 0.459. The van der Waals surface area contributed by atoms with E-state index in [-0.39, 0.29) is 23.7 Å². The van der Waals surface area contributed by atoms with Gasteiger partial charge in [-0.25, -0.2) is 0 Å². The first kappa shape index (κ1) is 24.8. The van der Waals surface area contributed by atoms with Gasteiger partial charge in [0.15, 0.2) is 0 Å². The SMILES string of the molecule is CCn1c2ccccc2c2cc(NC(=O)C3CCCCC3C(=O)NCCCN3CCOCC3)ccc21. The number of morpholine rings is 1.